The first-order chi connectivity index (χ1) is 6.47. The van der Waals surface area contributed by atoms with Crippen molar-refractivity contribution < 1.29 is 5.11 Å². The summed E-state index contributed by atoms with van der Waals surface area (Å²) in [6.45, 7) is 4.90. The average molecular weight is 195 g/mol. The molecule has 0 unspecified atom stereocenters. The van der Waals surface area contributed by atoms with Crippen LogP contribution in [0.15, 0.2) is 18.6 Å². The van der Waals surface area contributed by atoms with Crippen molar-refractivity contribution in [2.24, 2.45) is 0 Å². The van der Waals surface area contributed by atoms with Crippen LogP contribution in [0.5, 0.6) is 0 Å². The molecule has 1 aromatic heterocycles. The van der Waals surface area contributed by atoms with Gasteiger partial charge in [0.1, 0.15) is 0 Å². The Hall–Kier alpha value is -1.00. The van der Waals surface area contributed by atoms with E-state index in [2.05, 4.69) is 9.97 Å². The number of rotatable bonds is 4. The van der Waals surface area contributed by atoms with Gasteiger partial charge in [0.2, 0.25) is 0 Å². The van der Waals surface area contributed by atoms with Crippen molar-refractivity contribution in [2.75, 3.05) is 13.6 Å². The molecular formula is C10H17N3O. The summed E-state index contributed by atoms with van der Waals surface area (Å²) in [5, 5.41) is 9.59. The van der Waals surface area contributed by atoms with E-state index < -0.39 is 5.60 Å². The van der Waals surface area contributed by atoms with Gasteiger partial charge in [0.15, 0.2) is 0 Å². The molecule has 14 heavy (non-hydrogen) atoms. The Kier molecular flexibility index (Phi) is 3.55. The van der Waals surface area contributed by atoms with Crippen molar-refractivity contribution in [1.29, 1.82) is 0 Å². The third-order valence-electron chi connectivity index (χ3n) is 1.71. The SMILES string of the molecule is CN(Cc1cnccn1)CC(C)(C)O. The van der Waals surface area contributed by atoms with E-state index in [1.165, 1.54) is 0 Å². The predicted octanol–water partition coefficient (Wildman–Crippen LogP) is 0.679. The van der Waals surface area contributed by atoms with Crippen LogP contribution in [0.2, 0.25) is 0 Å². The predicted molar refractivity (Wildman–Crippen MR) is 54.7 cm³/mol. The maximum absolute atomic E-state index is 9.59. The van der Waals surface area contributed by atoms with Crippen LogP contribution >= 0.6 is 0 Å². The van der Waals surface area contributed by atoms with Gasteiger partial charge in [-0.25, -0.2) is 0 Å². The Labute approximate surface area is 84.6 Å². The molecule has 1 rings (SSSR count). The Balaban J connectivity index is 2.46. The zero-order chi connectivity index (χ0) is 10.6. The van der Waals surface area contributed by atoms with Gasteiger partial charge in [-0.1, -0.05) is 0 Å². The Morgan fingerprint density at radius 3 is 2.64 bits per heavy atom. The molecule has 4 heteroatoms. The molecule has 78 valence electrons. The lowest BCUT2D eigenvalue weighted by molar-refractivity contribution is 0.0421. The minimum Gasteiger partial charge on any atom is -0.389 e. The Bertz CT molecular complexity index is 268. The summed E-state index contributed by atoms with van der Waals surface area (Å²) in [6.07, 6.45) is 5.06. The number of aromatic nitrogens is 2. The van der Waals surface area contributed by atoms with E-state index in [1.807, 2.05) is 11.9 Å². The number of hydrogen-bond donors (Lipinski definition) is 1. The molecule has 4 nitrogen and oxygen atoms in total. The van der Waals surface area contributed by atoms with Crippen molar-refractivity contribution in [3.05, 3.63) is 24.3 Å². The van der Waals surface area contributed by atoms with Gasteiger partial charge < -0.3 is 5.11 Å². The molecule has 0 bridgehead atoms. The first kappa shape index (κ1) is 11.1. The first-order valence-electron chi connectivity index (χ1n) is 4.63. The maximum atomic E-state index is 9.59. The van der Waals surface area contributed by atoms with Crippen molar-refractivity contribution in [3.63, 3.8) is 0 Å². The zero-order valence-electron chi connectivity index (χ0n) is 8.94. The summed E-state index contributed by atoms with van der Waals surface area (Å²) in [6, 6.07) is 0. The van der Waals surface area contributed by atoms with Gasteiger partial charge in [0.25, 0.3) is 0 Å². The van der Waals surface area contributed by atoms with E-state index in [1.54, 1.807) is 32.4 Å². The van der Waals surface area contributed by atoms with Crippen LogP contribution in [-0.4, -0.2) is 39.2 Å². The van der Waals surface area contributed by atoms with Crippen molar-refractivity contribution in [1.82, 2.24) is 14.9 Å². The number of likely N-dealkylation sites (N-methyl/N-ethyl adjacent to an activating group) is 1. The van der Waals surface area contributed by atoms with Gasteiger partial charge in [-0.2, -0.15) is 0 Å². The minimum absolute atomic E-state index is 0.615. The molecule has 0 aliphatic rings. The minimum atomic E-state index is -0.670. The molecule has 1 N–H and O–H groups in total. The highest BCUT2D eigenvalue weighted by Gasteiger charge is 2.15. The van der Waals surface area contributed by atoms with Crippen LogP contribution < -0.4 is 0 Å². The largest absolute Gasteiger partial charge is 0.389 e. The second-order valence-electron chi connectivity index (χ2n) is 4.18. The highest BCUT2D eigenvalue weighted by atomic mass is 16.3. The van der Waals surface area contributed by atoms with E-state index in [9.17, 15) is 5.11 Å². The van der Waals surface area contributed by atoms with Gasteiger partial charge in [-0.05, 0) is 20.9 Å². The van der Waals surface area contributed by atoms with E-state index >= 15 is 0 Å². The van der Waals surface area contributed by atoms with Crippen molar-refractivity contribution in [2.45, 2.75) is 26.0 Å². The van der Waals surface area contributed by atoms with Gasteiger partial charge in [-0.3, -0.25) is 14.9 Å². The van der Waals surface area contributed by atoms with E-state index in [0.717, 1.165) is 5.69 Å². The standard InChI is InChI=1S/C10H17N3O/c1-10(2,14)8-13(3)7-9-6-11-4-5-12-9/h4-6,14H,7-8H2,1-3H3. The lowest BCUT2D eigenvalue weighted by atomic mass is 10.1. The summed E-state index contributed by atoms with van der Waals surface area (Å²) in [5.41, 5.74) is 0.246. The molecule has 0 radical (unpaired) electrons. The molecule has 1 aromatic rings. The summed E-state index contributed by atoms with van der Waals surface area (Å²) in [5.74, 6) is 0. The van der Waals surface area contributed by atoms with Crippen molar-refractivity contribution >= 4 is 0 Å². The second-order valence-corrected chi connectivity index (χ2v) is 4.18. The highest BCUT2D eigenvalue weighted by Crippen LogP contribution is 2.05. The fourth-order valence-corrected chi connectivity index (χ4v) is 1.40. The normalized spacial score (nSPS) is 12.1. The van der Waals surface area contributed by atoms with Gasteiger partial charge in [0.05, 0.1) is 11.3 Å². The maximum Gasteiger partial charge on any atom is 0.0726 e. The van der Waals surface area contributed by atoms with E-state index in [4.69, 9.17) is 0 Å². The summed E-state index contributed by atoms with van der Waals surface area (Å²) >= 11 is 0. The van der Waals surface area contributed by atoms with Gasteiger partial charge in [-0.15, -0.1) is 0 Å². The lowest BCUT2D eigenvalue weighted by Crippen LogP contribution is -2.35. The van der Waals surface area contributed by atoms with Crippen LogP contribution in [0, 0.1) is 0 Å². The molecule has 0 saturated carbocycles. The third-order valence-corrected chi connectivity index (χ3v) is 1.71. The molecule has 0 aliphatic heterocycles. The molecule has 0 amide bonds. The quantitative estimate of drug-likeness (QED) is 0.767. The Morgan fingerprint density at radius 1 is 1.43 bits per heavy atom. The molecule has 0 aromatic carbocycles. The molecule has 0 atom stereocenters. The second kappa shape index (κ2) is 4.48. The fraction of sp³-hybridized carbons (Fsp3) is 0.600. The molecular weight excluding hydrogens is 178 g/mol. The zero-order valence-corrected chi connectivity index (χ0v) is 8.94. The number of nitrogens with zero attached hydrogens (tertiary/aromatic N) is 3. The fourth-order valence-electron chi connectivity index (χ4n) is 1.40. The monoisotopic (exact) mass is 195 g/mol. The van der Waals surface area contributed by atoms with E-state index in [-0.39, 0.29) is 0 Å². The smallest absolute Gasteiger partial charge is 0.0726 e. The van der Waals surface area contributed by atoms with Crippen LogP contribution in [0.1, 0.15) is 19.5 Å². The molecule has 0 spiro atoms. The third kappa shape index (κ3) is 4.30. The van der Waals surface area contributed by atoms with Gasteiger partial charge in [0, 0.05) is 31.7 Å². The van der Waals surface area contributed by atoms with Crippen LogP contribution in [0.25, 0.3) is 0 Å². The summed E-state index contributed by atoms with van der Waals surface area (Å²) < 4.78 is 0. The number of aliphatic hydroxyl groups is 1. The molecule has 0 fully saturated rings. The summed E-state index contributed by atoms with van der Waals surface area (Å²) in [7, 11) is 1.95. The van der Waals surface area contributed by atoms with Crippen LogP contribution in [0.3, 0.4) is 0 Å². The molecule has 0 aliphatic carbocycles. The summed E-state index contributed by atoms with van der Waals surface area (Å²) in [4.78, 5) is 10.2. The van der Waals surface area contributed by atoms with E-state index in [0.29, 0.717) is 13.1 Å². The first-order valence-corrected chi connectivity index (χ1v) is 4.63. The average Bonchev–Trinajstić information content (AvgIpc) is 2.02. The Morgan fingerprint density at radius 2 is 2.14 bits per heavy atom. The van der Waals surface area contributed by atoms with Crippen molar-refractivity contribution in [3.8, 4) is 0 Å². The molecule has 0 saturated heterocycles. The van der Waals surface area contributed by atoms with Gasteiger partial charge >= 0.3 is 0 Å². The lowest BCUT2D eigenvalue weighted by Gasteiger charge is -2.24. The topological polar surface area (TPSA) is 49.2 Å². The number of hydrogen-bond acceptors (Lipinski definition) is 4. The molecule has 1 heterocycles. The highest BCUT2D eigenvalue weighted by molar-refractivity contribution is 4.94. The van der Waals surface area contributed by atoms with Crippen LogP contribution in [0.4, 0.5) is 0 Å². The van der Waals surface area contributed by atoms with Crippen LogP contribution in [-0.2, 0) is 6.54 Å².